The van der Waals surface area contributed by atoms with Gasteiger partial charge in [0.2, 0.25) is 0 Å². The van der Waals surface area contributed by atoms with Gasteiger partial charge >= 0.3 is 0 Å². The van der Waals surface area contributed by atoms with Crippen molar-refractivity contribution in [1.82, 2.24) is 4.90 Å². The van der Waals surface area contributed by atoms with Gasteiger partial charge in [-0.25, -0.2) is 0 Å². The van der Waals surface area contributed by atoms with E-state index in [2.05, 4.69) is 29.2 Å². The van der Waals surface area contributed by atoms with Crippen LogP contribution in [0.5, 0.6) is 0 Å². The van der Waals surface area contributed by atoms with Gasteiger partial charge in [-0.3, -0.25) is 4.90 Å². The van der Waals surface area contributed by atoms with Crippen LogP contribution in [0.2, 0.25) is 0 Å². The molecule has 1 aromatic carbocycles. The minimum absolute atomic E-state index is 0.235. The van der Waals surface area contributed by atoms with Crippen molar-refractivity contribution in [2.24, 2.45) is 0 Å². The van der Waals surface area contributed by atoms with E-state index in [-0.39, 0.29) is 5.60 Å². The Kier molecular flexibility index (Phi) is 4.11. The third-order valence-electron chi connectivity index (χ3n) is 4.54. The highest BCUT2D eigenvalue weighted by atomic mass is 35.5. The van der Waals surface area contributed by atoms with Crippen molar-refractivity contribution in [2.45, 2.75) is 43.7 Å². The standard InChI is InChI=1S/C16H22ClNO/c17-12-14-2-4-15(5-3-14)13-18-9-7-16(8-10-18)6-1-11-19-16/h2-5H,1,6-13H2. The molecule has 0 unspecified atom stereocenters. The Balaban J connectivity index is 1.53. The lowest BCUT2D eigenvalue weighted by Gasteiger charge is -2.38. The van der Waals surface area contributed by atoms with E-state index in [1.165, 1.54) is 36.8 Å². The number of hydrogen-bond acceptors (Lipinski definition) is 2. The van der Waals surface area contributed by atoms with Gasteiger partial charge in [0, 0.05) is 32.1 Å². The molecule has 0 aromatic heterocycles. The lowest BCUT2D eigenvalue weighted by Crippen LogP contribution is -2.43. The summed E-state index contributed by atoms with van der Waals surface area (Å²) in [5.41, 5.74) is 2.82. The van der Waals surface area contributed by atoms with Crippen LogP contribution < -0.4 is 0 Å². The van der Waals surface area contributed by atoms with Crippen molar-refractivity contribution in [3.8, 4) is 0 Å². The first kappa shape index (κ1) is 13.4. The molecule has 0 radical (unpaired) electrons. The number of alkyl halides is 1. The van der Waals surface area contributed by atoms with E-state index < -0.39 is 0 Å². The molecule has 3 heteroatoms. The second-order valence-corrected chi connectivity index (χ2v) is 6.13. The van der Waals surface area contributed by atoms with Crippen LogP contribution in [0.15, 0.2) is 24.3 Å². The van der Waals surface area contributed by atoms with Crippen LogP contribution >= 0.6 is 11.6 Å². The monoisotopic (exact) mass is 279 g/mol. The summed E-state index contributed by atoms with van der Waals surface area (Å²) in [5, 5.41) is 0. The smallest absolute Gasteiger partial charge is 0.0707 e. The van der Waals surface area contributed by atoms with Crippen molar-refractivity contribution in [3.63, 3.8) is 0 Å². The normalized spacial score (nSPS) is 23.0. The maximum absolute atomic E-state index is 5.97. The zero-order valence-corrected chi connectivity index (χ0v) is 12.2. The summed E-state index contributed by atoms with van der Waals surface area (Å²) in [4.78, 5) is 2.54. The molecule has 2 heterocycles. The molecule has 104 valence electrons. The third kappa shape index (κ3) is 3.13. The third-order valence-corrected chi connectivity index (χ3v) is 4.84. The molecular weight excluding hydrogens is 258 g/mol. The average molecular weight is 280 g/mol. The van der Waals surface area contributed by atoms with Crippen LogP contribution in [-0.2, 0) is 17.2 Å². The van der Waals surface area contributed by atoms with Crippen molar-refractivity contribution < 1.29 is 4.74 Å². The van der Waals surface area contributed by atoms with Gasteiger partial charge in [0.15, 0.2) is 0 Å². The van der Waals surface area contributed by atoms with Gasteiger partial charge in [0.1, 0.15) is 0 Å². The molecule has 2 fully saturated rings. The van der Waals surface area contributed by atoms with Crippen molar-refractivity contribution in [2.75, 3.05) is 19.7 Å². The van der Waals surface area contributed by atoms with Crippen molar-refractivity contribution in [1.29, 1.82) is 0 Å². The van der Waals surface area contributed by atoms with E-state index in [9.17, 15) is 0 Å². The topological polar surface area (TPSA) is 12.5 Å². The lowest BCUT2D eigenvalue weighted by molar-refractivity contribution is -0.0447. The van der Waals surface area contributed by atoms with Crippen LogP contribution in [0, 0.1) is 0 Å². The molecule has 0 amide bonds. The number of rotatable bonds is 3. The van der Waals surface area contributed by atoms with E-state index in [0.29, 0.717) is 5.88 Å². The predicted octanol–water partition coefficient (Wildman–Crippen LogP) is 3.57. The fraction of sp³-hybridized carbons (Fsp3) is 0.625. The summed E-state index contributed by atoms with van der Waals surface area (Å²) in [6.45, 7) is 4.35. The Bertz CT molecular complexity index is 401. The number of benzene rings is 1. The Labute approximate surface area is 120 Å². The fourth-order valence-corrected chi connectivity index (χ4v) is 3.44. The summed E-state index contributed by atoms with van der Waals surface area (Å²) < 4.78 is 5.97. The number of piperidine rings is 1. The van der Waals surface area contributed by atoms with E-state index in [4.69, 9.17) is 16.3 Å². The molecule has 2 saturated heterocycles. The number of hydrogen-bond donors (Lipinski definition) is 0. The highest BCUT2D eigenvalue weighted by Crippen LogP contribution is 2.35. The van der Waals surface area contributed by atoms with E-state index in [1.54, 1.807) is 0 Å². The zero-order chi connectivity index (χ0) is 13.1. The van der Waals surface area contributed by atoms with Gasteiger partial charge in [0.25, 0.3) is 0 Å². The molecule has 0 bridgehead atoms. The van der Waals surface area contributed by atoms with Crippen LogP contribution in [0.3, 0.4) is 0 Å². The first-order valence-corrected chi connectivity index (χ1v) is 7.83. The Morgan fingerprint density at radius 3 is 2.32 bits per heavy atom. The highest BCUT2D eigenvalue weighted by Gasteiger charge is 2.38. The van der Waals surface area contributed by atoms with Crippen molar-refractivity contribution in [3.05, 3.63) is 35.4 Å². The molecule has 0 N–H and O–H groups in total. The van der Waals surface area contributed by atoms with Gasteiger partial charge in [-0.05, 0) is 36.8 Å². The number of nitrogens with zero attached hydrogens (tertiary/aromatic N) is 1. The summed E-state index contributed by atoms with van der Waals surface area (Å²) in [5.74, 6) is 0.601. The summed E-state index contributed by atoms with van der Waals surface area (Å²) in [6, 6.07) is 8.67. The quantitative estimate of drug-likeness (QED) is 0.785. The Morgan fingerprint density at radius 2 is 1.74 bits per heavy atom. The maximum atomic E-state index is 5.97. The number of likely N-dealkylation sites (tertiary alicyclic amines) is 1. The van der Waals surface area contributed by atoms with Crippen LogP contribution in [0.1, 0.15) is 36.8 Å². The van der Waals surface area contributed by atoms with Gasteiger partial charge in [-0.1, -0.05) is 24.3 Å². The van der Waals surface area contributed by atoms with Crippen LogP contribution in [0.25, 0.3) is 0 Å². The predicted molar refractivity (Wildman–Crippen MR) is 78.4 cm³/mol. The highest BCUT2D eigenvalue weighted by molar-refractivity contribution is 6.17. The molecule has 1 spiro atoms. The second kappa shape index (κ2) is 5.82. The number of ether oxygens (including phenoxy) is 1. The lowest BCUT2D eigenvalue weighted by atomic mass is 9.88. The molecule has 2 aliphatic heterocycles. The Hall–Kier alpha value is -0.570. The molecule has 0 aliphatic carbocycles. The van der Waals surface area contributed by atoms with Crippen molar-refractivity contribution >= 4 is 11.6 Å². The van der Waals surface area contributed by atoms with E-state index in [1.807, 2.05) is 0 Å². The molecule has 0 saturated carbocycles. The minimum Gasteiger partial charge on any atom is -0.375 e. The molecule has 1 aromatic rings. The Morgan fingerprint density at radius 1 is 1.05 bits per heavy atom. The van der Waals surface area contributed by atoms with Crippen LogP contribution in [-0.4, -0.2) is 30.2 Å². The second-order valence-electron chi connectivity index (χ2n) is 5.86. The summed E-state index contributed by atoms with van der Waals surface area (Å²) >= 11 is 5.82. The zero-order valence-electron chi connectivity index (χ0n) is 11.4. The molecule has 0 atom stereocenters. The van der Waals surface area contributed by atoms with E-state index in [0.717, 1.165) is 26.2 Å². The van der Waals surface area contributed by atoms with E-state index >= 15 is 0 Å². The van der Waals surface area contributed by atoms with Gasteiger partial charge in [-0.15, -0.1) is 11.6 Å². The van der Waals surface area contributed by atoms with Crippen LogP contribution in [0.4, 0.5) is 0 Å². The largest absolute Gasteiger partial charge is 0.375 e. The minimum atomic E-state index is 0.235. The fourth-order valence-electron chi connectivity index (χ4n) is 3.26. The molecule has 3 rings (SSSR count). The molecule has 2 aliphatic rings. The SMILES string of the molecule is ClCc1ccc(CN2CCC3(CCCO3)CC2)cc1. The first-order valence-electron chi connectivity index (χ1n) is 7.30. The summed E-state index contributed by atoms with van der Waals surface area (Å²) in [6.07, 6.45) is 4.92. The van der Waals surface area contributed by atoms with Gasteiger partial charge in [-0.2, -0.15) is 0 Å². The maximum Gasteiger partial charge on any atom is 0.0707 e. The van der Waals surface area contributed by atoms with Gasteiger partial charge < -0.3 is 4.74 Å². The van der Waals surface area contributed by atoms with Gasteiger partial charge in [0.05, 0.1) is 5.60 Å². The molecule has 19 heavy (non-hydrogen) atoms. The summed E-state index contributed by atoms with van der Waals surface area (Å²) in [7, 11) is 0. The average Bonchev–Trinajstić information content (AvgIpc) is 2.91. The number of halogens is 1. The molecular formula is C16H22ClNO. The first-order chi connectivity index (χ1) is 9.30. The molecule has 2 nitrogen and oxygen atoms in total.